The molecule has 1 aliphatic heterocycles. The van der Waals surface area contributed by atoms with Crippen LogP contribution in [0.4, 0.5) is 9.18 Å². The fraction of sp³-hybridized carbons (Fsp3) is 0.154. The van der Waals surface area contributed by atoms with Gasteiger partial charge in [-0.25, -0.2) is 4.39 Å². The number of imide groups is 1. The van der Waals surface area contributed by atoms with Crippen molar-refractivity contribution < 1.29 is 23.5 Å². The number of amides is 2. The number of carbonyl (C=O) groups excluding carboxylic acids is 2. The summed E-state index contributed by atoms with van der Waals surface area (Å²) in [4.78, 5) is 26.8. The number of carbonyl (C=O) groups is 2. The van der Waals surface area contributed by atoms with Gasteiger partial charge in [-0.3, -0.25) is 14.5 Å². The molecule has 7 heteroatoms. The maximum atomic E-state index is 13.1. The normalized spacial score (nSPS) is 14.7. The van der Waals surface area contributed by atoms with Gasteiger partial charge in [0.05, 0.1) is 11.4 Å². The molecular weight excluding hydrogens is 441 g/mol. The van der Waals surface area contributed by atoms with Crippen LogP contribution in [-0.4, -0.2) is 29.2 Å². The fourth-order valence-corrected chi connectivity index (χ4v) is 4.12. The molecule has 0 saturated carbocycles. The van der Waals surface area contributed by atoms with Crippen LogP contribution in [0.15, 0.2) is 77.7 Å². The highest BCUT2D eigenvalue weighted by atomic mass is 32.2. The number of thioether (sulfide) groups is 1. The highest BCUT2D eigenvalue weighted by molar-refractivity contribution is 8.18. The predicted molar refractivity (Wildman–Crippen MR) is 127 cm³/mol. The largest absolute Gasteiger partial charge is 0.492 e. The minimum absolute atomic E-state index is 0.165. The monoisotopic (exact) mass is 463 g/mol. The van der Waals surface area contributed by atoms with E-state index in [4.69, 9.17) is 9.47 Å². The third kappa shape index (κ3) is 5.81. The number of benzene rings is 3. The summed E-state index contributed by atoms with van der Waals surface area (Å²) >= 11 is 0.896. The van der Waals surface area contributed by atoms with Gasteiger partial charge >= 0.3 is 0 Å². The van der Waals surface area contributed by atoms with Gasteiger partial charge in [0.2, 0.25) is 0 Å². The molecule has 0 bridgehead atoms. The van der Waals surface area contributed by atoms with Crippen LogP contribution < -0.4 is 9.47 Å². The standard InChI is InChI=1S/C26H22FNO4S/c1-18-5-4-7-22(15-18)31-14-13-28-25(29)24(33-26(28)30)16-20-6-2-3-8-23(20)32-17-19-9-11-21(27)12-10-19/h2-12,15-16H,13-14,17H2,1H3/b24-16-. The summed E-state index contributed by atoms with van der Waals surface area (Å²) in [6.45, 7) is 2.60. The molecule has 33 heavy (non-hydrogen) atoms. The first-order chi connectivity index (χ1) is 16.0. The van der Waals surface area contributed by atoms with Crippen LogP contribution in [0.1, 0.15) is 16.7 Å². The Kier molecular flexibility index (Phi) is 7.10. The van der Waals surface area contributed by atoms with Crippen molar-refractivity contribution in [2.45, 2.75) is 13.5 Å². The smallest absolute Gasteiger partial charge is 0.293 e. The quantitative estimate of drug-likeness (QED) is 0.394. The highest BCUT2D eigenvalue weighted by Crippen LogP contribution is 2.34. The van der Waals surface area contributed by atoms with E-state index in [1.54, 1.807) is 24.3 Å². The Morgan fingerprint density at radius 3 is 2.55 bits per heavy atom. The van der Waals surface area contributed by atoms with Crippen LogP contribution in [-0.2, 0) is 11.4 Å². The van der Waals surface area contributed by atoms with E-state index < -0.39 is 0 Å². The van der Waals surface area contributed by atoms with Crippen molar-refractivity contribution in [3.63, 3.8) is 0 Å². The Hall–Kier alpha value is -3.58. The van der Waals surface area contributed by atoms with Gasteiger partial charge in [0.25, 0.3) is 11.1 Å². The third-order valence-corrected chi connectivity index (χ3v) is 5.87. The minimum atomic E-state index is -0.355. The molecule has 1 heterocycles. The number of para-hydroxylation sites is 1. The van der Waals surface area contributed by atoms with Crippen LogP contribution in [0.3, 0.4) is 0 Å². The molecule has 168 valence electrons. The molecule has 2 amide bonds. The van der Waals surface area contributed by atoms with Gasteiger partial charge < -0.3 is 9.47 Å². The zero-order valence-corrected chi connectivity index (χ0v) is 18.8. The van der Waals surface area contributed by atoms with E-state index in [0.717, 1.165) is 22.9 Å². The summed E-state index contributed by atoms with van der Waals surface area (Å²) in [5, 5.41) is -0.330. The van der Waals surface area contributed by atoms with E-state index in [0.29, 0.717) is 22.0 Å². The second-order valence-corrected chi connectivity index (χ2v) is 8.44. The Morgan fingerprint density at radius 2 is 1.76 bits per heavy atom. The van der Waals surface area contributed by atoms with Gasteiger partial charge in [0.1, 0.15) is 30.5 Å². The topological polar surface area (TPSA) is 55.8 Å². The average Bonchev–Trinajstić information content (AvgIpc) is 3.07. The van der Waals surface area contributed by atoms with Crippen molar-refractivity contribution in [1.29, 1.82) is 0 Å². The lowest BCUT2D eigenvalue weighted by atomic mass is 10.1. The lowest BCUT2D eigenvalue weighted by molar-refractivity contribution is -0.123. The van der Waals surface area contributed by atoms with Gasteiger partial charge in [0.15, 0.2) is 0 Å². The van der Waals surface area contributed by atoms with Crippen molar-refractivity contribution >= 4 is 29.0 Å². The van der Waals surface area contributed by atoms with Crippen molar-refractivity contribution in [1.82, 2.24) is 4.90 Å². The summed E-state index contributed by atoms with van der Waals surface area (Å²) in [6.07, 6.45) is 1.66. The zero-order valence-electron chi connectivity index (χ0n) is 18.0. The SMILES string of the molecule is Cc1cccc(OCCN2C(=O)S/C(=C\c3ccccc3OCc3ccc(F)cc3)C2=O)c1. The zero-order chi connectivity index (χ0) is 23.2. The highest BCUT2D eigenvalue weighted by Gasteiger charge is 2.35. The molecule has 0 spiro atoms. The van der Waals surface area contributed by atoms with Crippen molar-refractivity contribution in [3.05, 3.63) is 100 Å². The number of halogens is 1. The third-order valence-electron chi connectivity index (χ3n) is 4.96. The van der Waals surface area contributed by atoms with Gasteiger partial charge in [-0.1, -0.05) is 42.5 Å². The van der Waals surface area contributed by atoms with E-state index in [-0.39, 0.29) is 36.7 Å². The van der Waals surface area contributed by atoms with Gasteiger partial charge in [-0.15, -0.1) is 0 Å². The van der Waals surface area contributed by atoms with Gasteiger partial charge in [-0.2, -0.15) is 0 Å². The summed E-state index contributed by atoms with van der Waals surface area (Å²) in [5.74, 6) is 0.603. The molecular formula is C26H22FNO4S. The first kappa shape index (κ1) is 22.6. The number of hydrogen-bond donors (Lipinski definition) is 0. The van der Waals surface area contributed by atoms with E-state index in [1.807, 2.05) is 49.4 Å². The molecule has 5 nitrogen and oxygen atoms in total. The van der Waals surface area contributed by atoms with Gasteiger partial charge in [0, 0.05) is 5.56 Å². The summed E-state index contributed by atoms with van der Waals surface area (Å²) < 4.78 is 24.7. The first-order valence-electron chi connectivity index (χ1n) is 10.4. The number of hydrogen-bond acceptors (Lipinski definition) is 5. The van der Waals surface area contributed by atoms with E-state index >= 15 is 0 Å². The summed E-state index contributed by atoms with van der Waals surface area (Å²) in [6, 6.07) is 20.9. The number of aryl methyl sites for hydroxylation is 1. The van der Waals surface area contributed by atoms with Crippen molar-refractivity contribution in [2.24, 2.45) is 0 Å². The maximum absolute atomic E-state index is 13.1. The Morgan fingerprint density at radius 1 is 0.970 bits per heavy atom. The second-order valence-electron chi connectivity index (χ2n) is 7.45. The molecule has 0 aromatic heterocycles. The van der Waals surface area contributed by atoms with Crippen molar-refractivity contribution in [2.75, 3.05) is 13.2 Å². The fourth-order valence-electron chi connectivity index (χ4n) is 3.27. The van der Waals surface area contributed by atoms with Crippen LogP contribution in [0.25, 0.3) is 6.08 Å². The van der Waals surface area contributed by atoms with Crippen LogP contribution in [0.2, 0.25) is 0 Å². The molecule has 3 aromatic carbocycles. The molecule has 4 rings (SSSR count). The van der Waals surface area contributed by atoms with E-state index in [9.17, 15) is 14.0 Å². The van der Waals surface area contributed by atoms with Crippen LogP contribution >= 0.6 is 11.8 Å². The van der Waals surface area contributed by atoms with Crippen molar-refractivity contribution in [3.8, 4) is 11.5 Å². The molecule has 1 saturated heterocycles. The van der Waals surface area contributed by atoms with Gasteiger partial charge in [-0.05, 0) is 66.2 Å². The molecule has 1 aliphatic rings. The number of ether oxygens (including phenoxy) is 2. The predicted octanol–water partition coefficient (Wildman–Crippen LogP) is 5.83. The minimum Gasteiger partial charge on any atom is -0.492 e. The van der Waals surface area contributed by atoms with E-state index in [1.165, 1.54) is 17.0 Å². The molecule has 0 radical (unpaired) electrons. The number of nitrogens with zero attached hydrogens (tertiary/aromatic N) is 1. The Bertz CT molecular complexity index is 1190. The Labute approximate surface area is 195 Å². The average molecular weight is 464 g/mol. The van der Waals surface area contributed by atoms with E-state index in [2.05, 4.69) is 0 Å². The second kappa shape index (κ2) is 10.4. The Balaban J connectivity index is 1.41. The van der Waals surface area contributed by atoms with Crippen LogP contribution in [0, 0.1) is 12.7 Å². The molecule has 1 fully saturated rings. The maximum Gasteiger partial charge on any atom is 0.293 e. The molecule has 0 atom stereocenters. The molecule has 0 unspecified atom stereocenters. The molecule has 0 N–H and O–H groups in total. The summed E-state index contributed by atoms with van der Waals surface area (Å²) in [7, 11) is 0. The molecule has 0 aliphatic carbocycles. The lowest BCUT2D eigenvalue weighted by Crippen LogP contribution is -2.32. The lowest BCUT2D eigenvalue weighted by Gasteiger charge is -2.13. The number of rotatable bonds is 8. The molecule has 3 aromatic rings. The summed E-state index contributed by atoms with van der Waals surface area (Å²) in [5.41, 5.74) is 2.57. The van der Waals surface area contributed by atoms with Crippen LogP contribution in [0.5, 0.6) is 11.5 Å². The first-order valence-corrected chi connectivity index (χ1v) is 11.2.